The van der Waals surface area contributed by atoms with Gasteiger partial charge in [-0.15, -0.1) is 0 Å². The first kappa shape index (κ1) is 26.3. The lowest BCUT2D eigenvalue weighted by atomic mass is 9.67. The molecule has 4 rings (SSSR count). The number of carbonyl (C=O) groups excluding carboxylic acids is 5. The molecule has 9 nitrogen and oxygen atoms in total. The quantitative estimate of drug-likeness (QED) is 0.314. The number of benzene rings is 1. The van der Waals surface area contributed by atoms with Gasteiger partial charge in [0.05, 0.1) is 31.3 Å². The Kier molecular flexibility index (Phi) is 7.61. The number of carbonyl (C=O) groups is 5. The van der Waals surface area contributed by atoms with Crippen LogP contribution < -0.4 is 0 Å². The predicted molar refractivity (Wildman–Crippen MR) is 132 cm³/mol. The van der Waals surface area contributed by atoms with E-state index in [2.05, 4.69) is 0 Å². The fraction of sp³-hybridized carbons (Fsp3) is 0.464. The summed E-state index contributed by atoms with van der Waals surface area (Å²) in [5.41, 5.74) is 2.41. The maximum Gasteiger partial charge on any atom is 0.337 e. The van der Waals surface area contributed by atoms with Crippen LogP contribution in [0.25, 0.3) is 5.69 Å². The number of methoxy groups -OCH3 is 2. The van der Waals surface area contributed by atoms with Crippen molar-refractivity contribution in [1.29, 1.82) is 0 Å². The lowest BCUT2D eigenvalue weighted by Crippen LogP contribution is -2.39. The van der Waals surface area contributed by atoms with Gasteiger partial charge in [0.1, 0.15) is 5.78 Å². The van der Waals surface area contributed by atoms with E-state index in [0.717, 1.165) is 19.3 Å². The fourth-order valence-electron chi connectivity index (χ4n) is 5.66. The number of ketones is 2. The van der Waals surface area contributed by atoms with E-state index in [4.69, 9.17) is 14.2 Å². The molecule has 2 aliphatic rings. The van der Waals surface area contributed by atoms with E-state index in [-0.39, 0.29) is 40.4 Å². The third-order valence-corrected chi connectivity index (χ3v) is 7.48. The van der Waals surface area contributed by atoms with Gasteiger partial charge in [-0.1, -0.05) is 6.42 Å². The molecule has 0 amide bonds. The van der Waals surface area contributed by atoms with Gasteiger partial charge in [-0.25, -0.2) is 9.59 Å². The number of nitrogens with zero attached hydrogens (tertiary/aromatic N) is 1. The number of aromatic nitrogens is 1. The molecular formula is C28H31NO8. The first-order valence-corrected chi connectivity index (χ1v) is 12.4. The second-order valence-corrected chi connectivity index (χ2v) is 9.80. The van der Waals surface area contributed by atoms with Crippen molar-refractivity contribution in [3.05, 3.63) is 52.3 Å². The number of aryl methyl sites for hydroxylation is 1. The molecule has 2 aromatic rings. The van der Waals surface area contributed by atoms with Crippen molar-refractivity contribution in [2.24, 2.45) is 17.8 Å². The van der Waals surface area contributed by atoms with E-state index in [9.17, 15) is 24.0 Å². The van der Waals surface area contributed by atoms with Crippen molar-refractivity contribution in [2.75, 3.05) is 20.8 Å². The van der Waals surface area contributed by atoms with Gasteiger partial charge >= 0.3 is 17.9 Å². The molecular weight excluding hydrogens is 478 g/mol. The summed E-state index contributed by atoms with van der Waals surface area (Å²) in [7, 11) is 2.49. The average molecular weight is 510 g/mol. The Morgan fingerprint density at radius 2 is 1.46 bits per heavy atom. The first-order valence-electron chi connectivity index (χ1n) is 12.4. The molecule has 1 aromatic heterocycles. The number of fused-ring (bicyclic) bond motifs is 2. The highest BCUT2D eigenvalue weighted by atomic mass is 16.5. The zero-order chi connectivity index (χ0) is 26.9. The van der Waals surface area contributed by atoms with E-state index < -0.39 is 24.5 Å². The van der Waals surface area contributed by atoms with Gasteiger partial charge in [-0.05, 0) is 63.8 Å². The minimum Gasteiger partial charge on any atom is -0.465 e. The SMILES string of the molecule is COC(=O)c1cc(C(=O)OC)cc(-n2c(C)cc(C(=O)COC(=O)C3C[C@H]4CCC[C@H](C3)C4=O)c2C)c1. The van der Waals surface area contributed by atoms with Crippen molar-refractivity contribution in [3.63, 3.8) is 0 Å². The van der Waals surface area contributed by atoms with Gasteiger partial charge in [-0.2, -0.15) is 0 Å². The minimum absolute atomic E-state index is 0.0738. The normalized spacial score (nSPS) is 20.8. The molecule has 0 spiro atoms. The van der Waals surface area contributed by atoms with Crippen LogP contribution >= 0.6 is 0 Å². The molecule has 0 unspecified atom stereocenters. The van der Waals surface area contributed by atoms with Crippen molar-refractivity contribution in [1.82, 2.24) is 4.57 Å². The molecule has 2 fully saturated rings. The minimum atomic E-state index is -0.619. The van der Waals surface area contributed by atoms with Crippen LogP contribution in [-0.4, -0.2) is 54.9 Å². The molecule has 2 atom stereocenters. The zero-order valence-electron chi connectivity index (χ0n) is 21.5. The fourth-order valence-corrected chi connectivity index (χ4v) is 5.66. The maximum absolute atomic E-state index is 13.0. The highest BCUT2D eigenvalue weighted by Crippen LogP contribution is 2.40. The summed E-state index contributed by atoms with van der Waals surface area (Å²) >= 11 is 0. The van der Waals surface area contributed by atoms with Gasteiger partial charge < -0.3 is 18.8 Å². The predicted octanol–water partition coefficient (Wildman–Crippen LogP) is 3.79. The lowest BCUT2D eigenvalue weighted by Gasteiger charge is -2.36. The lowest BCUT2D eigenvalue weighted by molar-refractivity contribution is -0.152. The summed E-state index contributed by atoms with van der Waals surface area (Å²) in [6, 6.07) is 6.19. The molecule has 9 heteroatoms. The molecule has 196 valence electrons. The number of Topliss-reactive ketones (excluding diaryl/α,β-unsaturated/α-hetero) is 2. The zero-order valence-corrected chi connectivity index (χ0v) is 21.5. The summed E-state index contributed by atoms with van der Waals surface area (Å²) in [5, 5.41) is 0. The molecule has 2 aliphatic carbocycles. The van der Waals surface area contributed by atoms with Crippen molar-refractivity contribution < 1.29 is 38.2 Å². The smallest absolute Gasteiger partial charge is 0.337 e. The van der Waals surface area contributed by atoms with Gasteiger partial charge in [0, 0.05) is 34.5 Å². The molecule has 0 aliphatic heterocycles. The van der Waals surface area contributed by atoms with Crippen molar-refractivity contribution in [2.45, 2.75) is 46.0 Å². The summed E-state index contributed by atoms with van der Waals surface area (Å²) in [4.78, 5) is 62.5. The molecule has 0 radical (unpaired) electrons. The Labute approximate surface area is 215 Å². The van der Waals surface area contributed by atoms with Crippen LogP contribution in [0.3, 0.4) is 0 Å². The summed E-state index contributed by atoms with van der Waals surface area (Å²) in [5.74, 6) is -2.27. The van der Waals surface area contributed by atoms with E-state index in [1.165, 1.54) is 20.3 Å². The molecule has 2 saturated carbocycles. The monoisotopic (exact) mass is 509 g/mol. The standard InChI is InChI=1S/C28H31NO8/c1-15-8-23(24(30)14-37-28(34)19-9-17-6-5-7-18(10-19)25(17)31)16(2)29(15)22-12-20(26(32)35-3)11-21(13-22)27(33)36-4/h8,11-13,17-19H,5-7,9-10,14H2,1-4H3/t17-,18-/m1/s1. The van der Waals surface area contributed by atoms with Crippen LogP contribution in [0.2, 0.25) is 0 Å². The number of esters is 3. The molecule has 2 bridgehead atoms. The number of hydrogen-bond donors (Lipinski definition) is 0. The summed E-state index contributed by atoms with van der Waals surface area (Å²) < 4.78 is 16.8. The highest BCUT2D eigenvalue weighted by Gasteiger charge is 2.42. The van der Waals surface area contributed by atoms with Crippen LogP contribution in [0.5, 0.6) is 0 Å². The van der Waals surface area contributed by atoms with Crippen LogP contribution in [0.1, 0.15) is 74.6 Å². The number of rotatable bonds is 7. The topological polar surface area (TPSA) is 118 Å². The van der Waals surface area contributed by atoms with Crippen LogP contribution in [0, 0.1) is 31.6 Å². The number of hydrogen-bond acceptors (Lipinski definition) is 8. The molecule has 1 heterocycles. The van der Waals surface area contributed by atoms with E-state index >= 15 is 0 Å². The van der Waals surface area contributed by atoms with Crippen LogP contribution in [0.4, 0.5) is 0 Å². The first-order chi connectivity index (χ1) is 17.6. The van der Waals surface area contributed by atoms with Gasteiger partial charge in [0.25, 0.3) is 0 Å². The highest BCUT2D eigenvalue weighted by molar-refractivity contribution is 6.00. The average Bonchev–Trinajstić information content (AvgIpc) is 3.19. The van der Waals surface area contributed by atoms with E-state index in [0.29, 0.717) is 35.5 Å². The summed E-state index contributed by atoms with van der Waals surface area (Å²) in [6.07, 6.45) is 3.64. The molecule has 0 saturated heterocycles. The van der Waals surface area contributed by atoms with E-state index in [1.54, 1.807) is 36.6 Å². The second kappa shape index (κ2) is 10.7. The maximum atomic E-state index is 13.0. The van der Waals surface area contributed by atoms with Gasteiger partial charge in [-0.3, -0.25) is 14.4 Å². The van der Waals surface area contributed by atoms with Gasteiger partial charge in [0.15, 0.2) is 6.61 Å². The number of ether oxygens (including phenoxy) is 3. The van der Waals surface area contributed by atoms with E-state index in [1.807, 2.05) is 0 Å². The molecule has 37 heavy (non-hydrogen) atoms. The molecule has 1 aromatic carbocycles. The van der Waals surface area contributed by atoms with Gasteiger partial charge in [0.2, 0.25) is 5.78 Å². The van der Waals surface area contributed by atoms with Crippen molar-refractivity contribution >= 4 is 29.5 Å². The third kappa shape index (κ3) is 5.21. The largest absolute Gasteiger partial charge is 0.465 e. The summed E-state index contributed by atoms with van der Waals surface area (Å²) in [6.45, 7) is 3.12. The van der Waals surface area contributed by atoms with Crippen molar-refractivity contribution in [3.8, 4) is 5.69 Å². The second-order valence-electron chi connectivity index (χ2n) is 9.80. The van der Waals surface area contributed by atoms with Crippen LogP contribution in [-0.2, 0) is 23.8 Å². The Morgan fingerprint density at radius 1 is 0.892 bits per heavy atom. The Bertz CT molecular complexity index is 1220. The molecule has 0 N–H and O–H groups in total. The Morgan fingerprint density at radius 3 is 2.00 bits per heavy atom. The Hall–Kier alpha value is -3.75. The third-order valence-electron chi connectivity index (χ3n) is 7.48. The Balaban J connectivity index is 1.53. The van der Waals surface area contributed by atoms with Crippen LogP contribution in [0.15, 0.2) is 24.3 Å².